The molecule has 1 aliphatic heterocycles. The van der Waals surface area contributed by atoms with Gasteiger partial charge in [0.25, 0.3) is 0 Å². The summed E-state index contributed by atoms with van der Waals surface area (Å²) in [7, 11) is 0. The zero-order valence-corrected chi connectivity index (χ0v) is 12.3. The quantitative estimate of drug-likeness (QED) is 0.936. The smallest absolute Gasteiger partial charge is 0.224 e. The maximum Gasteiger partial charge on any atom is 0.224 e. The lowest BCUT2D eigenvalue weighted by Crippen LogP contribution is -2.32. The molecule has 3 rings (SSSR count). The fourth-order valence-electron chi connectivity index (χ4n) is 2.56. The molecule has 2 aromatic carbocycles. The summed E-state index contributed by atoms with van der Waals surface area (Å²) in [4.78, 5) is 12.8. The number of carbonyl (C=O) groups excluding carboxylic acids is 1. The number of benzene rings is 2. The Morgan fingerprint density at radius 2 is 2.00 bits per heavy atom. The molecule has 108 valence electrons. The first-order chi connectivity index (χ1) is 10.2. The Morgan fingerprint density at radius 3 is 2.81 bits per heavy atom. The van der Waals surface area contributed by atoms with Gasteiger partial charge in [-0.15, -0.1) is 11.8 Å². The Labute approximate surface area is 127 Å². The summed E-state index contributed by atoms with van der Waals surface area (Å²) in [5.74, 6) is 0.609. The first-order valence-corrected chi connectivity index (χ1v) is 7.97. The van der Waals surface area contributed by atoms with Crippen LogP contribution in [0, 0.1) is 5.82 Å². The molecule has 4 heteroatoms. The van der Waals surface area contributed by atoms with E-state index in [2.05, 4.69) is 5.32 Å². The van der Waals surface area contributed by atoms with Crippen molar-refractivity contribution in [3.05, 3.63) is 65.5 Å². The Bertz CT molecular complexity index is 644. The molecule has 2 nitrogen and oxygen atoms in total. The average Bonchev–Trinajstić information content (AvgIpc) is 2.49. The lowest BCUT2D eigenvalue weighted by molar-refractivity contribution is -0.121. The van der Waals surface area contributed by atoms with Gasteiger partial charge in [0, 0.05) is 10.6 Å². The van der Waals surface area contributed by atoms with Crippen LogP contribution in [0.2, 0.25) is 0 Å². The van der Waals surface area contributed by atoms with Gasteiger partial charge in [-0.05, 0) is 23.6 Å². The fourth-order valence-corrected chi connectivity index (χ4v) is 3.70. The lowest BCUT2D eigenvalue weighted by Gasteiger charge is -2.26. The molecular formula is C17H16FNOS. The number of rotatable bonds is 3. The number of amides is 1. The molecule has 1 aliphatic rings. The van der Waals surface area contributed by atoms with Gasteiger partial charge >= 0.3 is 0 Å². The monoisotopic (exact) mass is 301 g/mol. The third-order valence-corrected chi connectivity index (χ3v) is 4.73. The van der Waals surface area contributed by atoms with E-state index in [4.69, 9.17) is 0 Å². The average molecular weight is 301 g/mol. The highest BCUT2D eigenvalue weighted by Crippen LogP contribution is 2.37. The van der Waals surface area contributed by atoms with E-state index in [9.17, 15) is 9.18 Å². The molecule has 1 atom stereocenters. The molecule has 1 N–H and O–H groups in total. The summed E-state index contributed by atoms with van der Waals surface area (Å²) in [5, 5.41) is 3.03. The zero-order chi connectivity index (χ0) is 14.7. The molecule has 0 bridgehead atoms. The number of carbonyl (C=O) groups is 1. The van der Waals surface area contributed by atoms with Crippen LogP contribution in [0.4, 0.5) is 4.39 Å². The van der Waals surface area contributed by atoms with Gasteiger partial charge in [-0.1, -0.05) is 42.5 Å². The Balaban J connectivity index is 1.72. The molecule has 0 fully saturated rings. The van der Waals surface area contributed by atoms with Crippen molar-refractivity contribution in [3.8, 4) is 0 Å². The molecule has 0 spiro atoms. The lowest BCUT2D eigenvalue weighted by atomic mass is 10.0. The van der Waals surface area contributed by atoms with Crippen molar-refractivity contribution in [2.75, 3.05) is 5.75 Å². The molecule has 0 aliphatic carbocycles. The SMILES string of the molecule is O=C(Cc1ccccc1)N[C@H]1CCSc2c(F)cccc21. The van der Waals surface area contributed by atoms with Gasteiger partial charge in [0.1, 0.15) is 5.82 Å². The van der Waals surface area contributed by atoms with Gasteiger partial charge in [-0.3, -0.25) is 4.79 Å². The van der Waals surface area contributed by atoms with Crippen molar-refractivity contribution in [2.24, 2.45) is 0 Å². The van der Waals surface area contributed by atoms with Crippen LogP contribution in [0.15, 0.2) is 53.4 Å². The van der Waals surface area contributed by atoms with Crippen LogP contribution in [0.25, 0.3) is 0 Å². The number of thioether (sulfide) groups is 1. The van der Waals surface area contributed by atoms with E-state index in [1.807, 2.05) is 36.4 Å². The van der Waals surface area contributed by atoms with Crippen LogP contribution < -0.4 is 5.32 Å². The van der Waals surface area contributed by atoms with Crippen molar-refractivity contribution >= 4 is 17.7 Å². The third kappa shape index (κ3) is 3.27. The van der Waals surface area contributed by atoms with Gasteiger partial charge in [0.15, 0.2) is 0 Å². The standard InChI is InChI=1S/C17H16FNOS/c18-14-8-4-7-13-15(9-10-21-17(13)14)19-16(20)11-12-5-2-1-3-6-12/h1-8,15H,9-11H2,(H,19,20)/t15-/m0/s1. The van der Waals surface area contributed by atoms with Crippen LogP contribution in [-0.4, -0.2) is 11.7 Å². The Hall–Kier alpha value is -1.81. The Kier molecular flexibility index (Phi) is 4.25. The highest BCUT2D eigenvalue weighted by molar-refractivity contribution is 7.99. The van der Waals surface area contributed by atoms with Gasteiger partial charge in [0.05, 0.1) is 12.5 Å². The van der Waals surface area contributed by atoms with Crippen LogP contribution in [0.1, 0.15) is 23.6 Å². The fraction of sp³-hybridized carbons (Fsp3) is 0.235. The maximum atomic E-state index is 13.8. The van der Waals surface area contributed by atoms with E-state index < -0.39 is 0 Å². The molecule has 0 aromatic heterocycles. The van der Waals surface area contributed by atoms with Crippen LogP contribution in [-0.2, 0) is 11.2 Å². The second kappa shape index (κ2) is 6.31. The van der Waals surface area contributed by atoms with Gasteiger partial charge in [-0.25, -0.2) is 4.39 Å². The van der Waals surface area contributed by atoms with Crippen molar-refractivity contribution in [1.29, 1.82) is 0 Å². The molecule has 0 saturated heterocycles. The summed E-state index contributed by atoms with van der Waals surface area (Å²) in [6.07, 6.45) is 1.19. The van der Waals surface area contributed by atoms with Crippen LogP contribution in [0.3, 0.4) is 0 Å². The molecular weight excluding hydrogens is 285 g/mol. The largest absolute Gasteiger partial charge is 0.349 e. The first-order valence-electron chi connectivity index (χ1n) is 6.98. The van der Waals surface area contributed by atoms with Crippen molar-refractivity contribution in [2.45, 2.75) is 23.8 Å². The summed E-state index contributed by atoms with van der Waals surface area (Å²) >= 11 is 1.52. The molecule has 1 heterocycles. The number of nitrogens with one attached hydrogen (secondary N) is 1. The minimum atomic E-state index is -0.195. The van der Waals surface area contributed by atoms with E-state index in [0.717, 1.165) is 23.3 Å². The molecule has 1 amide bonds. The summed E-state index contributed by atoms with van der Waals surface area (Å²) in [5.41, 5.74) is 1.88. The van der Waals surface area contributed by atoms with Crippen LogP contribution >= 0.6 is 11.8 Å². The number of fused-ring (bicyclic) bond motifs is 1. The normalized spacial score (nSPS) is 17.1. The summed E-state index contributed by atoms with van der Waals surface area (Å²) < 4.78 is 13.8. The van der Waals surface area contributed by atoms with E-state index in [-0.39, 0.29) is 17.8 Å². The topological polar surface area (TPSA) is 29.1 Å². The number of hydrogen-bond acceptors (Lipinski definition) is 2. The molecule has 2 aromatic rings. The highest BCUT2D eigenvalue weighted by atomic mass is 32.2. The van der Waals surface area contributed by atoms with E-state index >= 15 is 0 Å². The van der Waals surface area contributed by atoms with Gasteiger partial charge in [0.2, 0.25) is 5.91 Å². The molecule has 0 unspecified atom stereocenters. The van der Waals surface area contributed by atoms with Crippen molar-refractivity contribution in [3.63, 3.8) is 0 Å². The second-order valence-corrected chi connectivity index (χ2v) is 6.18. The van der Waals surface area contributed by atoms with E-state index in [0.29, 0.717) is 11.3 Å². The third-order valence-electron chi connectivity index (χ3n) is 3.57. The summed E-state index contributed by atoms with van der Waals surface area (Å²) in [6.45, 7) is 0. The minimum Gasteiger partial charge on any atom is -0.349 e. The second-order valence-electron chi connectivity index (χ2n) is 5.08. The van der Waals surface area contributed by atoms with Crippen LogP contribution in [0.5, 0.6) is 0 Å². The molecule has 21 heavy (non-hydrogen) atoms. The predicted molar refractivity (Wildman–Crippen MR) is 82.8 cm³/mol. The minimum absolute atomic E-state index is 0.0201. The summed E-state index contributed by atoms with van der Waals surface area (Å²) in [6, 6.07) is 14.6. The van der Waals surface area contributed by atoms with E-state index in [1.54, 1.807) is 6.07 Å². The highest BCUT2D eigenvalue weighted by Gasteiger charge is 2.24. The van der Waals surface area contributed by atoms with E-state index in [1.165, 1.54) is 17.8 Å². The number of hydrogen-bond donors (Lipinski definition) is 1. The maximum absolute atomic E-state index is 13.8. The van der Waals surface area contributed by atoms with Crippen molar-refractivity contribution < 1.29 is 9.18 Å². The van der Waals surface area contributed by atoms with Gasteiger partial charge in [-0.2, -0.15) is 0 Å². The Morgan fingerprint density at radius 1 is 1.19 bits per heavy atom. The number of halogens is 1. The first kappa shape index (κ1) is 14.1. The van der Waals surface area contributed by atoms with Gasteiger partial charge < -0.3 is 5.32 Å². The molecule has 0 radical (unpaired) electrons. The predicted octanol–water partition coefficient (Wildman–Crippen LogP) is 3.72. The zero-order valence-electron chi connectivity index (χ0n) is 11.5. The van der Waals surface area contributed by atoms with Crippen molar-refractivity contribution in [1.82, 2.24) is 5.32 Å². The molecule has 0 saturated carbocycles.